The maximum absolute atomic E-state index is 12.6. The average Bonchev–Trinajstić information content (AvgIpc) is 3.05. The summed E-state index contributed by atoms with van der Waals surface area (Å²) in [5.74, 6) is 0.549. The highest BCUT2D eigenvalue weighted by molar-refractivity contribution is 5.91. The fourth-order valence-electron chi connectivity index (χ4n) is 1.82. The molecule has 0 N–H and O–H groups in total. The van der Waals surface area contributed by atoms with Crippen molar-refractivity contribution in [1.82, 2.24) is 4.90 Å². The normalized spacial score (nSPS) is 12.0. The van der Waals surface area contributed by atoms with Crippen molar-refractivity contribution in [2.75, 3.05) is 6.54 Å². The predicted molar refractivity (Wildman–Crippen MR) is 72.7 cm³/mol. The van der Waals surface area contributed by atoms with Gasteiger partial charge in [-0.25, -0.2) is 0 Å². The Hall–Kier alpha value is -2.44. The van der Waals surface area contributed by atoms with Crippen LogP contribution < -0.4 is 0 Å². The van der Waals surface area contributed by atoms with Crippen LogP contribution in [-0.2, 0) is 11.3 Å². The molecule has 2 rings (SSSR count). The molecule has 4 nitrogen and oxygen atoms in total. The molecule has 0 aliphatic heterocycles. The fourth-order valence-corrected chi connectivity index (χ4v) is 1.82. The molecule has 0 spiro atoms. The van der Waals surface area contributed by atoms with Crippen molar-refractivity contribution < 1.29 is 26.8 Å². The fraction of sp³-hybridized carbons (Fsp3) is 0.267. The molecular formula is C15H14F3NO3. The number of furan rings is 2. The van der Waals surface area contributed by atoms with Gasteiger partial charge in [-0.1, -0.05) is 0 Å². The highest BCUT2D eigenvalue weighted by Crippen LogP contribution is 2.19. The second kappa shape index (κ2) is 6.55. The zero-order chi connectivity index (χ0) is 16.2. The summed E-state index contributed by atoms with van der Waals surface area (Å²) in [5, 5.41) is 0. The molecule has 0 saturated carbocycles. The Morgan fingerprint density at radius 1 is 1.32 bits per heavy atom. The largest absolute Gasteiger partial charge is 0.467 e. The summed E-state index contributed by atoms with van der Waals surface area (Å²) in [7, 11) is 0. The van der Waals surface area contributed by atoms with E-state index in [4.69, 9.17) is 8.83 Å². The van der Waals surface area contributed by atoms with Gasteiger partial charge in [0.2, 0.25) is 5.91 Å². The minimum Gasteiger partial charge on any atom is -0.467 e. The maximum Gasteiger partial charge on any atom is 0.406 e. The number of carbonyl (C=O) groups is 1. The molecule has 0 fully saturated rings. The second-order valence-electron chi connectivity index (χ2n) is 4.67. The molecular weight excluding hydrogens is 299 g/mol. The Morgan fingerprint density at radius 2 is 2.09 bits per heavy atom. The number of amides is 1. The molecule has 22 heavy (non-hydrogen) atoms. The summed E-state index contributed by atoms with van der Waals surface area (Å²) in [6.45, 7) is 0.118. The number of rotatable bonds is 5. The molecule has 2 aromatic rings. The van der Waals surface area contributed by atoms with Gasteiger partial charge in [-0.3, -0.25) is 4.79 Å². The molecule has 0 unspecified atom stereocenters. The molecule has 0 aliphatic rings. The van der Waals surface area contributed by atoms with Gasteiger partial charge in [0.05, 0.1) is 12.8 Å². The van der Waals surface area contributed by atoms with Crippen LogP contribution >= 0.6 is 0 Å². The molecule has 7 heteroatoms. The van der Waals surface area contributed by atoms with Gasteiger partial charge in [-0.05, 0) is 37.3 Å². The van der Waals surface area contributed by atoms with Crippen LogP contribution in [0.15, 0.2) is 45.4 Å². The van der Waals surface area contributed by atoms with Crippen molar-refractivity contribution >= 4 is 12.0 Å². The van der Waals surface area contributed by atoms with E-state index in [0.717, 1.165) is 6.08 Å². The molecule has 0 aliphatic carbocycles. The molecule has 0 aromatic carbocycles. The van der Waals surface area contributed by atoms with E-state index in [-0.39, 0.29) is 12.3 Å². The first-order chi connectivity index (χ1) is 10.3. The van der Waals surface area contributed by atoms with Crippen LogP contribution in [-0.4, -0.2) is 23.5 Å². The van der Waals surface area contributed by atoms with Crippen LogP contribution in [0.25, 0.3) is 6.08 Å². The standard InChI is InChI=1S/C15H14F3NO3/c1-11-4-5-12(22-11)6-7-14(20)19(10-15(16,17)18)9-13-3-2-8-21-13/h2-8H,9-10H2,1H3/b7-6+. The smallest absolute Gasteiger partial charge is 0.406 e. The van der Waals surface area contributed by atoms with Crippen LogP contribution in [0.3, 0.4) is 0 Å². The molecule has 2 heterocycles. The third-order valence-corrected chi connectivity index (χ3v) is 2.76. The van der Waals surface area contributed by atoms with Crippen molar-refractivity contribution in [3.63, 3.8) is 0 Å². The zero-order valence-electron chi connectivity index (χ0n) is 11.8. The SMILES string of the molecule is Cc1ccc(/C=C/C(=O)N(Cc2ccco2)CC(F)(F)F)o1. The van der Waals surface area contributed by atoms with Gasteiger partial charge >= 0.3 is 6.18 Å². The Balaban J connectivity index is 2.09. The Kier molecular flexibility index (Phi) is 4.75. The van der Waals surface area contributed by atoms with Crippen molar-refractivity contribution in [2.24, 2.45) is 0 Å². The van der Waals surface area contributed by atoms with E-state index in [1.165, 1.54) is 18.4 Å². The lowest BCUT2D eigenvalue weighted by molar-refractivity contribution is -0.159. The molecule has 118 valence electrons. The number of aryl methyl sites for hydroxylation is 1. The first-order valence-corrected chi connectivity index (χ1v) is 6.46. The van der Waals surface area contributed by atoms with E-state index >= 15 is 0 Å². The van der Waals surface area contributed by atoms with E-state index < -0.39 is 18.6 Å². The molecule has 0 atom stereocenters. The Bertz CT molecular complexity index is 641. The zero-order valence-corrected chi connectivity index (χ0v) is 11.8. The van der Waals surface area contributed by atoms with Gasteiger partial charge in [0.1, 0.15) is 23.8 Å². The number of hydrogen-bond donors (Lipinski definition) is 0. The highest BCUT2D eigenvalue weighted by Gasteiger charge is 2.32. The van der Waals surface area contributed by atoms with Crippen LogP contribution in [0, 0.1) is 6.92 Å². The molecule has 1 amide bonds. The molecule has 0 bridgehead atoms. The van der Waals surface area contributed by atoms with Crippen molar-refractivity contribution in [3.05, 3.63) is 53.9 Å². The summed E-state index contributed by atoms with van der Waals surface area (Å²) < 4.78 is 48.0. The van der Waals surface area contributed by atoms with Crippen LogP contribution in [0.5, 0.6) is 0 Å². The highest BCUT2D eigenvalue weighted by atomic mass is 19.4. The molecule has 0 saturated heterocycles. The van der Waals surface area contributed by atoms with Gasteiger partial charge in [-0.15, -0.1) is 0 Å². The minimum atomic E-state index is -4.49. The Labute approximate surface area is 124 Å². The molecule has 2 aromatic heterocycles. The number of halogens is 3. The van der Waals surface area contributed by atoms with Crippen LogP contribution in [0.1, 0.15) is 17.3 Å². The summed E-state index contributed by atoms with van der Waals surface area (Å²) in [4.78, 5) is 12.6. The van der Waals surface area contributed by atoms with Gasteiger partial charge in [0.15, 0.2) is 0 Å². The summed E-state index contributed by atoms with van der Waals surface area (Å²) in [5.41, 5.74) is 0. The quantitative estimate of drug-likeness (QED) is 0.789. The lowest BCUT2D eigenvalue weighted by Crippen LogP contribution is -2.37. The lowest BCUT2D eigenvalue weighted by Gasteiger charge is -2.21. The number of nitrogens with zero attached hydrogens (tertiary/aromatic N) is 1. The average molecular weight is 313 g/mol. The van der Waals surface area contributed by atoms with Crippen LogP contribution in [0.4, 0.5) is 13.2 Å². The summed E-state index contributed by atoms with van der Waals surface area (Å²) >= 11 is 0. The minimum absolute atomic E-state index is 0.257. The topological polar surface area (TPSA) is 46.6 Å². The number of hydrogen-bond acceptors (Lipinski definition) is 3. The van der Waals surface area contributed by atoms with E-state index in [1.807, 2.05) is 0 Å². The first kappa shape index (κ1) is 15.9. The van der Waals surface area contributed by atoms with Crippen LogP contribution in [0.2, 0.25) is 0 Å². The number of carbonyl (C=O) groups excluding carboxylic acids is 1. The predicted octanol–water partition coefficient (Wildman–Crippen LogP) is 3.79. The summed E-state index contributed by atoms with van der Waals surface area (Å²) in [6.07, 6.45) is -0.766. The Morgan fingerprint density at radius 3 is 2.64 bits per heavy atom. The maximum atomic E-state index is 12.6. The lowest BCUT2D eigenvalue weighted by atomic mass is 10.3. The summed E-state index contributed by atoms with van der Waals surface area (Å²) in [6, 6.07) is 6.38. The first-order valence-electron chi connectivity index (χ1n) is 6.46. The molecule has 0 radical (unpaired) electrons. The van der Waals surface area contributed by atoms with Gasteiger partial charge in [0, 0.05) is 6.08 Å². The second-order valence-corrected chi connectivity index (χ2v) is 4.67. The monoisotopic (exact) mass is 313 g/mol. The van der Waals surface area contributed by atoms with Crippen molar-refractivity contribution in [2.45, 2.75) is 19.6 Å². The number of alkyl halides is 3. The third-order valence-electron chi connectivity index (χ3n) is 2.76. The van der Waals surface area contributed by atoms with Crippen molar-refractivity contribution in [3.8, 4) is 0 Å². The van der Waals surface area contributed by atoms with Gasteiger partial charge in [0.25, 0.3) is 0 Å². The van der Waals surface area contributed by atoms with E-state index in [9.17, 15) is 18.0 Å². The van der Waals surface area contributed by atoms with E-state index in [1.54, 1.807) is 25.1 Å². The van der Waals surface area contributed by atoms with Gasteiger partial charge in [-0.2, -0.15) is 13.2 Å². The van der Waals surface area contributed by atoms with E-state index in [0.29, 0.717) is 16.4 Å². The van der Waals surface area contributed by atoms with E-state index in [2.05, 4.69) is 0 Å². The van der Waals surface area contributed by atoms with Gasteiger partial charge < -0.3 is 13.7 Å². The third kappa shape index (κ3) is 4.83. The van der Waals surface area contributed by atoms with Crippen molar-refractivity contribution in [1.29, 1.82) is 0 Å².